The summed E-state index contributed by atoms with van der Waals surface area (Å²) in [5.41, 5.74) is 1.03. The van der Waals surface area contributed by atoms with Gasteiger partial charge >= 0.3 is 5.97 Å². The minimum atomic E-state index is -0.299. The molecule has 2 amide bonds. The maximum atomic E-state index is 12.1. The van der Waals surface area contributed by atoms with Crippen LogP contribution in [-0.2, 0) is 20.7 Å². The number of anilines is 1. The molecule has 0 saturated carbocycles. The summed E-state index contributed by atoms with van der Waals surface area (Å²) in [6, 6.07) is 1.59. The number of hydrogen-bond acceptors (Lipinski definition) is 7. The summed E-state index contributed by atoms with van der Waals surface area (Å²) in [5, 5.41) is 7.62. The maximum Gasteiger partial charge on any atom is 0.305 e. The Kier molecular flexibility index (Phi) is 7.34. The molecule has 0 radical (unpaired) electrons. The van der Waals surface area contributed by atoms with Crippen molar-refractivity contribution in [1.82, 2.24) is 10.3 Å². The second kappa shape index (κ2) is 9.71. The summed E-state index contributed by atoms with van der Waals surface area (Å²) in [5.74, 6) is -0.172. The molecule has 0 spiro atoms. The van der Waals surface area contributed by atoms with Gasteiger partial charge in [0.25, 0.3) is 5.91 Å². The number of nitrogens with one attached hydrogen (secondary N) is 2. The molecular weight excluding hydrogens is 358 g/mol. The molecule has 0 bridgehead atoms. The highest BCUT2D eigenvalue weighted by Crippen LogP contribution is 2.18. The predicted octanol–water partition coefficient (Wildman–Crippen LogP) is 2.30. The Morgan fingerprint density at radius 2 is 2.12 bits per heavy atom. The Morgan fingerprint density at radius 3 is 2.81 bits per heavy atom. The number of nitrogens with zero attached hydrogens (tertiary/aromatic N) is 1. The van der Waals surface area contributed by atoms with Gasteiger partial charge in [-0.05, 0) is 25.8 Å². The fraction of sp³-hybridized carbons (Fsp3) is 0.412. The Bertz CT molecular complexity index is 768. The van der Waals surface area contributed by atoms with Crippen LogP contribution in [0.5, 0.6) is 0 Å². The van der Waals surface area contributed by atoms with Crippen LogP contribution in [0.4, 0.5) is 5.13 Å². The number of ether oxygens (including phenoxy) is 1. The van der Waals surface area contributed by atoms with Crippen molar-refractivity contribution >= 4 is 34.3 Å². The lowest BCUT2D eigenvalue weighted by atomic mass is 10.2. The quantitative estimate of drug-likeness (QED) is 0.511. The van der Waals surface area contributed by atoms with Gasteiger partial charge in [0, 0.05) is 18.3 Å². The van der Waals surface area contributed by atoms with E-state index in [-0.39, 0.29) is 24.2 Å². The second-order valence-corrected chi connectivity index (χ2v) is 6.41. The molecule has 0 fully saturated rings. The SMILES string of the molecule is COC(=O)CCCCNC(=O)Cc1csc(NC(=O)c2ccoc2C)n1. The Labute approximate surface area is 154 Å². The van der Waals surface area contributed by atoms with Gasteiger partial charge in [-0.1, -0.05) is 0 Å². The Hall–Kier alpha value is -2.68. The van der Waals surface area contributed by atoms with Gasteiger partial charge < -0.3 is 14.5 Å². The van der Waals surface area contributed by atoms with Crippen LogP contribution in [-0.4, -0.2) is 36.4 Å². The number of carbonyl (C=O) groups is 3. The topological polar surface area (TPSA) is 111 Å². The van der Waals surface area contributed by atoms with Crippen molar-refractivity contribution in [3.8, 4) is 0 Å². The molecule has 2 aromatic rings. The molecule has 2 N–H and O–H groups in total. The van der Waals surface area contributed by atoms with Crippen molar-refractivity contribution in [2.75, 3.05) is 19.0 Å². The minimum Gasteiger partial charge on any atom is -0.469 e. The number of aromatic nitrogens is 1. The van der Waals surface area contributed by atoms with Crippen molar-refractivity contribution in [2.45, 2.75) is 32.6 Å². The third kappa shape index (κ3) is 5.99. The molecule has 8 nitrogen and oxygen atoms in total. The summed E-state index contributed by atoms with van der Waals surface area (Å²) in [4.78, 5) is 39.2. The van der Waals surface area contributed by atoms with Crippen LogP contribution in [0.15, 0.2) is 22.1 Å². The number of amides is 2. The van der Waals surface area contributed by atoms with E-state index in [0.717, 1.165) is 0 Å². The Morgan fingerprint density at radius 1 is 1.31 bits per heavy atom. The van der Waals surface area contributed by atoms with E-state index in [1.807, 2.05) is 0 Å². The van der Waals surface area contributed by atoms with Crippen LogP contribution >= 0.6 is 11.3 Å². The lowest BCUT2D eigenvalue weighted by molar-refractivity contribution is -0.140. The molecule has 0 aliphatic carbocycles. The van der Waals surface area contributed by atoms with Gasteiger partial charge in [0.2, 0.25) is 5.91 Å². The molecule has 26 heavy (non-hydrogen) atoms. The van der Waals surface area contributed by atoms with E-state index in [1.54, 1.807) is 18.4 Å². The van der Waals surface area contributed by atoms with Crippen LogP contribution < -0.4 is 10.6 Å². The van der Waals surface area contributed by atoms with E-state index < -0.39 is 0 Å². The first-order chi connectivity index (χ1) is 12.5. The van der Waals surface area contributed by atoms with E-state index in [9.17, 15) is 14.4 Å². The molecule has 0 aliphatic rings. The number of thiazole rings is 1. The van der Waals surface area contributed by atoms with Crippen molar-refractivity contribution in [3.05, 3.63) is 34.7 Å². The first kappa shape index (κ1) is 19.6. The number of rotatable bonds is 9. The van der Waals surface area contributed by atoms with Crippen LogP contribution in [0, 0.1) is 6.92 Å². The van der Waals surface area contributed by atoms with Gasteiger partial charge in [-0.3, -0.25) is 19.7 Å². The minimum absolute atomic E-state index is 0.133. The molecule has 0 saturated heterocycles. The summed E-state index contributed by atoms with van der Waals surface area (Å²) in [6.07, 6.45) is 3.29. The first-order valence-electron chi connectivity index (χ1n) is 8.13. The highest BCUT2D eigenvalue weighted by molar-refractivity contribution is 7.14. The standard InChI is InChI=1S/C17H21N3O5S/c1-11-13(6-8-25-11)16(23)20-17-19-12(10-26-17)9-14(21)18-7-4-3-5-15(22)24-2/h6,8,10H,3-5,7,9H2,1-2H3,(H,18,21)(H,19,20,23). The van der Waals surface area contributed by atoms with Gasteiger partial charge in [0.05, 0.1) is 31.1 Å². The van der Waals surface area contributed by atoms with E-state index in [2.05, 4.69) is 20.4 Å². The molecule has 2 heterocycles. The zero-order valence-corrected chi connectivity index (χ0v) is 15.5. The largest absolute Gasteiger partial charge is 0.469 e. The van der Waals surface area contributed by atoms with Crippen LogP contribution in [0.25, 0.3) is 0 Å². The summed E-state index contributed by atoms with van der Waals surface area (Å²) in [7, 11) is 1.35. The van der Waals surface area contributed by atoms with Gasteiger partial charge in [-0.2, -0.15) is 0 Å². The molecule has 9 heteroatoms. The van der Waals surface area contributed by atoms with Gasteiger partial charge in [0.1, 0.15) is 5.76 Å². The maximum absolute atomic E-state index is 12.1. The molecule has 0 aliphatic heterocycles. The number of unbranched alkanes of at least 4 members (excludes halogenated alkanes) is 1. The fourth-order valence-corrected chi connectivity index (χ4v) is 2.89. The van der Waals surface area contributed by atoms with E-state index in [4.69, 9.17) is 4.42 Å². The molecule has 0 atom stereocenters. The number of carbonyl (C=O) groups excluding carboxylic acids is 3. The zero-order chi connectivity index (χ0) is 18.9. The fourth-order valence-electron chi connectivity index (χ4n) is 2.18. The average Bonchev–Trinajstić information content (AvgIpc) is 3.23. The number of methoxy groups -OCH3 is 1. The van der Waals surface area contributed by atoms with Crippen molar-refractivity contribution < 1.29 is 23.5 Å². The number of hydrogen-bond donors (Lipinski definition) is 2. The highest BCUT2D eigenvalue weighted by Gasteiger charge is 2.14. The predicted molar refractivity (Wildman–Crippen MR) is 96.1 cm³/mol. The molecule has 0 unspecified atom stereocenters. The third-order valence-electron chi connectivity index (χ3n) is 3.57. The van der Waals surface area contributed by atoms with Gasteiger partial charge in [-0.25, -0.2) is 4.98 Å². The molecule has 2 aromatic heterocycles. The van der Waals surface area contributed by atoms with Gasteiger partial charge in [-0.15, -0.1) is 11.3 Å². The molecule has 140 valence electrons. The van der Waals surface area contributed by atoms with E-state index in [1.165, 1.54) is 24.7 Å². The first-order valence-corrected chi connectivity index (χ1v) is 9.01. The average molecular weight is 379 g/mol. The number of aryl methyl sites for hydroxylation is 1. The van der Waals surface area contributed by atoms with Gasteiger partial charge in [0.15, 0.2) is 5.13 Å². The second-order valence-electron chi connectivity index (χ2n) is 5.55. The lowest BCUT2D eigenvalue weighted by Gasteiger charge is -2.03. The van der Waals surface area contributed by atoms with E-state index >= 15 is 0 Å². The lowest BCUT2D eigenvalue weighted by Crippen LogP contribution is -2.26. The smallest absolute Gasteiger partial charge is 0.305 e. The molecule has 2 rings (SSSR count). The molecular formula is C17H21N3O5S. The summed E-state index contributed by atoms with van der Waals surface area (Å²) in [6.45, 7) is 2.20. The van der Waals surface area contributed by atoms with Crippen molar-refractivity contribution in [2.24, 2.45) is 0 Å². The summed E-state index contributed by atoms with van der Waals surface area (Å²) >= 11 is 1.26. The van der Waals surface area contributed by atoms with Crippen LogP contribution in [0.1, 0.15) is 41.1 Å². The van der Waals surface area contributed by atoms with Crippen LogP contribution in [0.2, 0.25) is 0 Å². The van der Waals surface area contributed by atoms with Crippen molar-refractivity contribution in [1.29, 1.82) is 0 Å². The monoisotopic (exact) mass is 379 g/mol. The van der Waals surface area contributed by atoms with Crippen LogP contribution in [0.3, 0.4) is 0 Å². The number of esters is 1. The molecule has 0 aromatic carbocycles. The zero-order valence-electron chi connectivity index (χ0n) is 14.7. The highest BCUT2D eigenvalue weighted by atomic mass is 32.1. The third-order valence-corrected chi connectivity index (χ3v) is 4.38. The number of furan rings is 1. The van der Waals surface area contributed by atoms with Crippen molar-refractivity contribution in [3.63, 3.8) is 0 Å². The Balaban J connectivity index is 1.72. The normalized spacial score (nSPS) is 10.4. The summed E-state index contributed by atoms with van der Waals surface area (Å²) < 4.78 is 9.65. The van der Waals surface area contributed by atoms with E-state index in [0.29, 0.717) is 48.0 Å².